The fraction of sp³-hybridized carbons (Fsp3) is 0.111. The second kappa shape index (κ2) is 11.1. The van der Waals surface area contributed by atoms with Gasteiger partial charge in [-0.1, -0.05) is 185 Å². The average molecular weight is 689 g/mol. The van der Waals surface area contributed by atoms with Crippen LogP contribution in [-0.4, -0.2) is 0 Å². The van der Waals surface area contributed by atoms with E-state index in [2.05, 4.69) is 198 Å². The lowest BCUT2D eigenvalue weighted by Gasteiger charge is -2.23. The number of rotatable bonds is 3. The van der Waals surface area contributed by atoms with Crippen LogP contribution in [0.2, 0.25) is 0 Å². The first-order valence-electron chi connectivity index (χ1n) is 19.3. The first-order valence-corrected chi connectivity index (χ1v) is 19.3. The van der Waals surface area contributed by atoms with E-state index < -0.39 is 0 Å². The van der Waals surface area contributed by atoms with Crippen LogP contribution >= 0.6 is 0 Å². The smallest absolute Gasteiger partial charge is 0.0159 e. The van der Waals surface area contributed by atoms with Crippen molar-refractivity contribution < 1.29 is 0 Å². The summed E-state index contributed by atoms with van der Waals surface area (Å²) in [7, 11) is 0. The lowest BCUT2D eigenvalue weighted by Crippen LogP contribution is -2.14. The van der Waals surface area contributed by atoms with Crippen LogP contribution in [-0.2, 0) is 10.8 Å². The van der Waals surface area contributed by atoms with Crippen molar-refractivity contribution in [1.29, 1.82) is 0 Å². The molecule has 54 heavy (non-hydrogen) atoms. The minimum absolute atomic E-state index is 0.0381. The van der Waals surface area contributed by atoms with Gasteiger partial charge in [-0.25, -0.2) is 0 Å². The molecule has 0 saturated carbocycles. The standard InChI is InChI=1S/C54H40/c1-53(2)46-24-11-9-18-38(46)44-32-35(28-30-48(44)53)50-39-19-7-8-20-40(39)51(43-23-14-26-49-52(43)42-21-10-12-25-47(42)54(49,3)4)45-31-34(27-29-41(45)50)37-22-13-16-33-15-5-6-17-36(33)37/h5-32H,1-4H3. The van der Waals surface area contributed by atoms with Crippen LogP contribution in [0, 0.1) is 0 Å². The van der Waals surface area contributed by atoms with E-state index in [-0.39, 0.29) is 10.8 Å². The molecule has 0 aromatic heterocycles. The summed E-state index contributed by atoms with van der Waals surface area (Å²) in [6.07, 6.45) is 0. The highest BCUT2D eigenvalue weighted by molar-refractivity contribution is 6.23. The van der Waals surface area contributed by atoms with Gasteiger partial charge in [-0.2, -0.15) is 0 Å². The van der Waals surface area contributed by atoms with Crippen molar-refractivity contribution in [3.63, 3.8) is 0 Å². The third kappa shape index (κ3) is 4.20. The van der Waals surface area contributed by atoms with Crippen molar-refractivity contribution in [2.75, 3.05) is 0 Å². The molecule has 0 N–H and O–H groups in total. The SMILES string of the molecule is CC1(C)c2ccccc2-c2cc(-c3c4ccccc4c(-c4cccc5c4-c4ccccc4C5(C)C)c4cc(-c5cccc6ccccc56)ccc34)ccc21. The molecule has 0 amide bonds. The quantitative estimate of drug-likeness (QED) is 0.162. The molecule has 9 aromatic rings. The van der Waals surface area contributed by atoms with E-state index in [9.17, 15) is 0 Å². The molecule has 0 radical (unpaired) electrons. The van der Waals surface area contributed by atoms with Gasteiger partial charge in [0.25, 0.3) is 0 Å². The molecule has 0 nitrogen and oxygen atoms in total. The van der Waals surface area contributed by atoms with E-state index in [4.69, 9.17) is 0 Å². The zero-order valence-corrected chi connectivity index (χ0v) is 31.2. The molecule has 0 saturated heterocycles. The Morgan fingerprint density at radius 3 is 1.61 bits per heavy atom. The van der Waals surface area contributed by atoms with Crippen LogP contribution in [0.1, 0.15) is 49.9 Å². The largest absolute Gasteiger partial charge is 0.0619 e. The van der Waals surface area contributed by atoms with Gasteiger partial charge in [0.15, 0.2) is 0 Å². The van der Waals surface area contributed by atoms with Crippen molar-refractivity contribution in [2.45, 2.75) is 38.5 Å². The summed E-state index contributed by atoms with van der Waals surface area (Å²) in [5, 5.41) is 7.67. The van der Waals surface area contributed by atoms with Gasteiger partial charge in [-0.3, -0.25) is 0 Å². The first kappa shape index (κ1) is 31.3. The average Bonchev–Trinajstić information content (AvgIpc) is 3.59. The Bertz CT molecular complexity index is 3040. The Balaban J connectivity index is 1.27. The monoisotopic (exact) mass is 688 g/mol. The normalized spacial score (nSPS) is 14.6. The lowest BCUT2D eigenvalue weighted by atomic mass is 9.80. The Hall–Kier alpha value is -6.24. The van der Waals surface area contributed by atoms with E-state index in [0.29, 0.717) is 0 Å². The molecular formula is C54H40. The van der Waals surface area contributed by atoms with Gasteiger partial charge in [0.2, 0.25) is 0 Å². The molecule has 2 aliphatic rings. The van der Waals surface area contributed by atoms with Crippen molar-refractivity contribution in [3.05, 3.63) is 192 Å². The predicted octanol–water partition coefficient (Wildman–Crippen LogP) is 14.8. The maximum Gasteiger partial charge on any atom is 0.0159 e. The zero-order valence-electron chi connectivity index (χ0n) is 31.2. The lowest BCUT2D eigenvalue weighted by molar-refractivity contribution is 0.660. The van der Waals surface area contributed by atoms with Crippen molar-refractivity contribution >= 4 is 32.3 Å². The Kier molecular flexibility index (Phi) is 6.46. The van der Waals surface area contributed by atoms with Gasteiger partial charge in [-0.15, -0.1) is 0 Å². The molecule has 9 aromatic carbocycles. The fourth-order valence-electron chi connectivity index (χ4n) is 10.3. The Labute approximate surface area is 317 Å². The van der Waals surface area contributed by atoms with Gasteiger partial charge in [0.05, 0.1) is 0 Å². The molecule has 256 valence electrons. The van der Waals surface area contributed by atoms with Gasteiger partial charge in [0.1, 0.15) is 0 Å². The van der Waals surface area contributed by atoms with Gasteiger partial charge in [-0.05, 0) is 122 Å². The first-order chi connectivity index (χ1) is 26.3. The van der Waals surface area contributed by atoms with Gasteiger partial charge >= 0.3 is 0 Å². The fourth-order valence-corrected chi connectivity index (χ4v) is 10.3. The molecule has 0 unspecified atom stereocenters. The topological polar surface area (TPSA) is 0 Å². The number of hydrogen-bond acceptors (Lipinski definition) is 0. The van der Waals surface area contributed by atoms with Crippen LogP contribution in [0.5, 0.6) is 0 Å². The second-order valence-electron chi connectivity index (χ2n) is 16.4. The highest BCUT2D eigenvalue weighted by Crippen LogP contribution is 2.56. The van der Waals surface area contributed by atoms with Crippen molar-refractivity contribution in [2.24, 2.45) is 0 Å². The molecule has 0 fully saturated rings. The second-order valence-corrected chi connectivity index (χ2v) is 16.4. The van der Waals surface area contributed by atoms with E-state index in [0.717, 1.165) is 0 Å². The number of hydrogen-bond donors (Lipinski definition) is 0. The molecule has 0 aliphatic heterocycles. The van der Waals surface area contributed by atoms with Gasteiger partial charge in [0, 0.05) is 10.8 Å². The summed E-state index contributed by atoms with van der Waals surface area (Å²) in [4.78, 5) is 0. The van der Waals surface area contributed by atoms with E-state index in [1.165, 1.54) is 110 Å². The predicted molar refractivity (Wildman–Crippen MR) is 230 cm³/mol. The third-order valence-corrected chi connectivity index (χ3v) is 12.9. The van der Waals surface area contributed by atoms with Crippen LogP contribution in [0.25, 0.3) is 88.0 Å². The number of benzene rings is 9. The van der Waals surface area contributed by atoms with Crippen LogP contribution in [0.3, 0.4) is 0 Å². The van der Waals surface area contributed by atoms with E-state index in [1.54, 1.807) is 0 Å². The summed E-state index contributed by atoms with van der Waals surface area (Å²) in [5.74, 6) is 0. The highest BCUT2D eigenvalue weighted by Gasteiger charge is 2.38. The summed E-state index contributed by atoms with van der Waals surface area (Å²) in [5.41, 5.74) is 18.6. The maximum atomic E-state index is 2.49. The highest BCUT2D eigenvalue weighted by atomic mass is 14.4. The van der Waals surface area contributed by atoms with E-state index >= 15 is 0 Å². The molecule has 2 aliphatic carbocycles. The zero-order chi connectivity index (χ0) is 36.3. The summed E-state index contributed by atoms with van der Waals surface area (Å²) >= 11 is 0. The molecule has 0 heteroatoms. The Morgan fingerprint density at radius 1 is 0.278 bits per heavy atom. The minimum atomic E-state index is -0.0872. The van der Waals surface area contributed by atoms with Gasteiger partial charge < -0.3 is 0 Å². The van der Waals surface area contributed by atoms with Crippen LogP contribution in [0.15, 0.2) is 170 Å². The molecule has 0 atom stereocenters. The minimum Gasteiger partial charge on any atom is -0.0619 e. The molecule has 0 heterocycles. The van der Waals surface area contributed by atoms with Crippen LogP contribution in [0.4, 0.5) is 0 Å². The summed E-state index contributed by atoms with van der Waals surface area (Å²) in [6.45, 7) is 9.49. The number of fused-ring (bicyclic) bond motifs is 9. The summed E-state index contributed by atoms with van der Waals surface area (Å²) in [6, 6.07) is 64.1. The molecule has 0 spiro atoms. The summed E-state index contributed by atoms with van der Waals surface area (Å²) < 4.78 is 0. The molecule has 0 bridgehead atoms. The van der Waals surface area contributed by atoms with E-state index in [1.807, 2.05) is 0 Å². The molecule has 11 rings (SSSR count). The third-order valence-electron chi connectivity index (χ3n) is 12.9. The Morgan fingerprint density at radius 2 is 0.796 bits per heavy atom. The maximum absolute atomic E-state index is 2.49. The van der Waals surface area contributed by atoms with Crippen molar-refractivity contribution in [1.82, 2.24) is 0 Å². The van der Waals surface area contributed by atoms with Crippen molar-refractivity contribution in [3.8, 4) is 55.6 Å². The van der Waals surface area contributed by atoms with Crippen LogP contribution < -0.4 is 0 Å². The molecular weight excluding hydrogens is 649 g/mol.